The zero-order chi connectivity index (χ0) is 15.6. The third kappa shape index (κ3) is 3.32. The first-order chi connectivity index (χ1) is 10.6. The van der Waals surface area contributed by atoms with E-state index in [1.54, 1.807) is 0 Å². The molecule has 22 heavy (non-hydrogen) atoms. The van der Waals surface area contributed by atoms with Crippen molar-refractivity contribution in [1.29, 1.82) is 0 Å². The molecule has 2 aliphatic rings. The fourth-order valence-electron chi connectivity index (χ4n) is 3.63. The average Bonchev–Trinajstić information content (AvgIpc) is 3.19. The van der Waals surface area contributed by atoms with Gasteiger partial charge in [-0.25, -0.2) is 0 Å². The Bertz CT molecular complexity index is 516. The van der Waals surface area contributed by atoms with Gasteiger partial charge in [-0.1, -0.05) is 30.8 Å². The molecule has 0 saturated heterocycles. The van der Waals surface area contributed by atoms with Gasteiger partial charge in [0.15, 0.2) is 5.82 Å². The molecule has 6 nitrogen and oxygen atoms in total. The minimum atomic E-state index is -0.419. The van der Waals surface area contributed by atoms with E-state index >= 15 is 0 Å². The van der Waals surface area contributed by atoms with Crippen LogP contribution in [0.15, 0.2) is 4.52 Å². The number of hydrogen-bond donors (Lipinski definition) is 2. The molecule has 0 bridgehead atoms. The van der Waals surface area contributed by atoms with E-state index in [2.05, 4.69) is 15.5 Å². The van der Waals surface area contributed by atoms with Crippen LogP contribution in [0.25, 0.3) is 0 Å². The zero-order valence-corrected chi connectivity index (χ0v) is 13.3. The van der Waals surface area contributed by atoms with Crippen molar-refractivity contribution in [3.8, 4) is 0 Å². The summed E-state index contributed by atoms with van der Waals surface area (Å²) < 4.78 is 5.33. The van der Waals surface area contributed by atoms with Gasteiger partial charge in [0.1, 0.15) is 0 Å². The molecule has 0 spiro atoms. The van der Waals surface area contributed by atoms with Gasteiger partial charge in [-0.15, -0.1) is 0 Å². The van der Waals surface area contributed by atoms with E-state index in [1.165, 1.54) is 0 Å². The fraction of sp³-hybridized carbons (Fsp3) is 0.812. The molecule has 1 aromatic heterocycles. The van der Waals surface area contributed by atoms with Crippen molar-refractivity contribution in [2.24, 2.45) is 11.7 Å². The zero-order valence-electron chi connectivity index (χ0n) is 13.3. The highest BCUT2D eigenvalue weighted by Gasteiger charge is 2.36. The van der Waals surface area contributed by atoms with Crippen LogP contribution in [-0.4, -0.2) is 22.1 Å². The summed E-state index contributed by atoms with van der Waals surface area (Å²) in [5.41, 5.74) is 5.91. The maximum atomic E-state index is 12.1. The van der Waals surface area contributed by atoms with E-state index in [-0.39, 0.29) is 17.9 Å². The van der Waals surface area contributed by atoms with Gasteiger partial charge in [0.2, 0.25) is 11.8 Å². The second kappa shape index (κ2) is 6.36. The fourth-order valence-corrected chi connectivity index (χ4v) is 3.63. The highest BCUT2D eigenvalue weighted by Crippen LogP contribution is 2.34. The minimum absolute atomic E-state index is 0.00120. The lowest BCUT2D eigenvalue weighted by molar-refractivity contribution is -0.125. The van der Waals surface area contributed by atoms with Crippen molar-refractivity contribution < 1.29 is 9.32 Å². The maximum Gasteiger partial charge on any atom is 0.228 e. The topological polar surface area (TPSA) is 94.0 Å². The molecule has 0 aliphatic heterocycles. The van der Waals surface area contributed by atoms with Crippen molar-refractivity contribution in [1.82, 2.24) is 15.5 Å². The van der Waals surface area contributed by atoms with E-state index in [0.717, 1.165) is 51.4 Å². The number of amides is 1. The van der Waals surface area contributed by atoms with Crippen LogP contribution in [0.1, 0.15) is 70.0 Å². The predicted molar refractivity (Wildman–Crippen MR) is 81.9 cm³/mol. The lowest BCUT2D eigenvalue weighted by atomic mass is 9.99. The third-order valence-electron chi connectivity index (χ3n) is 5.00. The molecule has 2 aliphatic carbocycles. The smallest absolute Gasteiger partial charge is 0.228 e. The molecule has 3 rings (SSSR count). The first kappa shape index (κ1) is 15.5. The summed E-state index contributed by atoms with van der Waals surface area (Å²) in [5.74, 6) is 1.53. The number of nitrogens with one attached hydrogen (secondary N) is 1. The molecule has 122 valence electrons. The van der Waals surface area contributed by atoms with E-state index < -0.39 is 5.54 Å². The highest BCUT2D eigenvalue weighted by molar-refractivity contribution is 5.79. The van der Waals surface area contributed by atoms with Gasteiger partial charge < -0.3 is 15.6 Å². The van der Waals surface area contributed by atoms with Gasteiger partial charge >= 0.3 is 0 Å². The van der Waals surface area contributed by atoms with Crippen LogP contribution in [0.3, 0.4) is 0 Å². The molecule has 1 aromatic rings. The Hall–Kier alpha value is -1.43. The Morgan fingerprint density at radius 3 is 2.73 bits per heavy atom. The molecule has 2 saturated carbocycles. The molecule has 3 N–H and O–H groups in total. The number of carbonyl (C=O) groups excluding carboxylic acids is 1. The normalized spacial score (nSPS) is 22.8. The van der Waals surface area contributed by atoms with E-state index in [1.807, 2.05) is 6.92 Å². The monoisotopic (exact) mass is 306 g/mol. The Labute approximate surface area is 131 Å². The molecule has 1 heterocycles. The van der Waals surface area contributed by atoms with Gasteiger partial charge in [-0.2, -0.15) is 4.98 Å². The molecule has 6 heteroatoms. The number of aromatic nitrogens is 2. The SMILES string of the molecule is CC(Cc1nc(C2(N)CCCC2)no1)NC(=O)C1CCCC1. The average molecular weight is 306 g/mol. The summed E-state index contributed by atoms with van der Waals surface area (Å²) >= 11 is 0. The van der Waals surface area contributed by atoms with Gasteiger partial charge in [-0.3, -0.25) is 4.79 Å². The van der Waals surface area contributed by atoms with Gasteiger partial charge in [0.05, 0.1) is 5.54 Å². The quantitative estimate of drug-likeness (QED) is 0.868. The summed E-state index contributed by atoms with van der Waals surface area (Å²) in [5, 5.41) is 7.12. The maximum absolute atomic E-state index is 12.1. The van der Waals surface area contributed by atoms with Crippen molar-refractivity contribution in [3.63, 3.8) is 0 Å². The third-order valence-corrected chi connectivity index (χ3v) is 5.00. The first-order valence-corrected chi connectivity index (χ1v) is 8.49. The van der Waals surface area contributed by atoms with Crippen molar-refractivity contribution in [2.45, 2.75) is 76.3 Å². The van der Waals surface area contributed by atoms with Crippen LogP contribution in [0.5, 0.6) is 0 Å². The molecular weight excluding hydrogens is 280 g/mol. The van der Waals surface area contributed by atoms with Crippen LogP contribution >= 0.6 is 0 Å². The number of nitrogens with two attached hydrogens (primary N) is 1. The number of carbonyl (C=O) groups is 1. The van der Waals surface area contributed by atoms with Crippen LogP contribution in [0.2, 0.25) is 0 Å². The lowest BCUT2D eigenvalue weighted by Crippen LogP contribution is -2.38. The Morgan fingerprint density at radius 2 is 2.05 bits per heavy atom. The summed E-state index contributed by atoms with van der Waals surface area (Å²) in [4.78, 5) is 16.6. The summed E-state index contributed by atoms with van der Waals surface area (Å²) in [6, 6.07) is -0.00120. The van der Waals surface area contributed by atoms with E-state index in [0.29, 0.717) is 18.1 Å². The minimum Gasteiger partial charge on any atom is -0.353 e. The van der Waals surface area contributed by atoms with Gasteiger partial charge in [0.25, 0.3) is 0 Å². The van der Waals surface area contributed by atoms with Gasteiger partial charge in [0, 0.05) is 18.4 Å². The van der Waals surface area contributed by atoms with Crippen LogP contribution in [0, 0.1) is 5.92 Å². The number of nitrogens with zero attached hydrogens (tertiary/aromatic N) is 2. The largest absolute Gasteiger partial charge is 0.353 e. The Kier molecular flexibility index (Phi) is 4.47. The van der Waals surface area contributed by atoms with Crippen molar-refractivity contribution >= 4 is 5.91 Å². The Balaban J connectivity index is 1.54. The summed E-state index contributed by atoms with van der Waals surface area (Å²) in [6.07, 6.45) is 8.98. The Morgan fingerprint density at radius 1 is 1.36 bits per heavy atom. The first-order valence-electron chi connectivity index (χ1n) is 8.49. The van der Waals surface area contributed by atoms with Crippen LogP contribution in [0.4, 0.5) is 0 Å². The molecule has 1 atom stereocenters. The van der Waals surface area contributed by atoms with E-state index in [9.17, 15) is 4.79 Å². The highest BCUT2D eigenvalue weighted by atomic mass is 16.5. The molecule has 1 unspecified atom stereocenters. The standard InChI is InChI=1S/C16H26N4O2/c1-11(18-14(21)12-6-2-3-7-12)10-13-19-15(20-22-13)16(17)8-4-5-9-16/h11-12H,2-10,17H2,1H3,(H,18,21). The molecule has 2 fully saturated rings. The van der Waals surface area contributed by atoms with Crippen LogP contribution < -0.4 is 11.1 Å². The summed E-state index contributed by atoms with van der Waals surface area (Å²) in [6.45, 7) is 1.98. The molecule has 0 radical (unpaired) electrons. The van der Waals surface area contributed by atoms with Crippen LogP contribution in [-0.2, 0) is 16.8 Å². The second-order valence-corrected chi connectivity index (χ2v) is 6.97. The number of rotatable bonds is 5. The van der Waals surface area contributed by atoms with Crippen molar-refractivity contribution in [2.75, 3.05) is 0 Å². The van der Waals surface area contributed by atoms with E-state index in [4.69, 9.17) is 10.3 Å². The van der Waals surface area contributed by atoms with Gasteiger partial charge in [-0.05, 0) is 32.6 Å². The molecule has 1 amide bonds. The predicted octanol–water partition coefficient (Wildman–Crippen LogP) is 2.03. The summed E-state index contributed by atoms with van der Waals surface area (Å²) in [7, 11) is 0. The second-order valence-electron chi connectivity index (χ2n) is 6.97. The lowest BCUT2D eigenvalue weighted by Gasteiger charge is -2.18. The van der Waals surface area contributed by atoms with Crippen molar-refractivity contribution in [3.05, 3.63) is 11.7 Å². The molecule has 0 aromatic carbocycles. The molecular formula is C16H26N4O2. The number of hydrogen-bond acceptors (Lipinski definition) is 5.